The largest absolute Gasteiger partial charge is 0.497 e. The Bertz CT molecular complexity index is 833. The Hall–Kier alpha value is -2.61. The van der Waals surface area contributed by atoms with Crippen LogP contribution < -0.4 is 10.1 Å². The molecule has 130 valence electrons. The summed E-state index contributed by atoms with van der Waals surface area (Å²) in [5, 5.41) is 4.75. The Kier molecular flexibility index (Phi) is 4.89. The zero-order chi connectivity index (χ0) is 17.9. The van der Waals surface area contributed by atoms with Crippen LogP contribution in [0.2, 0.25) is 0 Å². The quantitative estimate of drug-likeness (QED) is 0.702. The normalized spacial score (nSPS) is 11.4. The predicted molar refractivity (Wildman–Crippen MR) is 90.7 cm³/mol. The number of benzene rings is 1. The number of anilines is 1. The zero-order valence-corrected chi connectivity index (χ0v) is 14.0. The topological polar surface area (TPSA) is 47.0 Å². The Morgan fingerprint density at radius 1 is 1.12 bits per heavy atom. The van der Waals surface area contributed by atoms with E-state index in [1.54, 1.807) is 24.3 Å². The Balaban J connectivity index is 1.94. The van der Waals surface area contributed by atoms with Crippen molar-refractivity contribution in [2.24, 2.45) is 0 Å². The van der Waals surface area contributed by atoms with Crippen LogP contribution in [0.5, 0.6) is 5.75 Å². The van der Waals surface area contributed by atoms with Crippen molar-refractivity contribution in [3.63, 3.8) is 0 Å². The molecule has 0 saturated heterocycles. The molecule has 3 rings (SSSR count). The first-order chi connectivity index (χ1) is 12.0. The number of alkyl halides is 3. The van der Waals surface area contributed by atoms with E-state index in [0.29, 0.717) is 17.9 Å². The second-order valence-electron chi connectivity index (χ2n) is 5.12. The lowest BCUT2D eigenvalue weighted by Gasteiger charge is -2.12. The first-order valence-electron chi connectivity index (χ1n) is 7.32. The minimum Gasteiger partial charge on any atom is -0.497 e. The SMILES string of the molecule is COc1ccc(-c2cc(C(F)(F)F)nc(NCc3cccs3)n2)cc1. The summed E-state index contributed by atoms with van der Waals surface area (Å²) in [4.78, 5) is 8.79. The number of ether oxygens (including phenoxy) is 1. The molecule has 0 aliphatic carbocycles. The zero-order valence-electron chi connectivity index (χ0n) is 13.2. The number of nitrogens with zero attached hydrogens (tertiary/aromatic N) is 2. The van der Waals surface area contributed by atoms with Gasteiger partial charge in [0.25, 0.3) is 0 Å². The molecule has 0 bridgehead atoms. The van der Waals surface area contributed by atoms with Gasteiger partial charge < -0.3 is 10.1 Å². The summed E-state index contributed by atoms with van der Waals surface area (Å²) in [5.74, 6) is 0.555. The maximum Gasteiger partial charge on any atom is 0.433 e. The molecule has 0 saturated carbocycles. The van der Waals surface area contributed by atoms with Gasteiger partial charge in [-0.05, 0) is 41.8 Å². The van der Waals surface area contributed by atoms with Crippen LogP contribution in [0.25, 0.3) is 11.3 Å². The minimum atomic E-state index is -4.55. The average Bonchev–Trinajstić information content (AvgIpc) is 3.12. The maximum atomic E-state index is 13.2. The number of thiophene rings is 1. The Morgan fingerprint density at radius 3 is 2.48 bits per heavy atom. The van der Waals surface area contributed by atoms with E-state index in [-0.39, 0.29) is 11.6 Å². The third kappa shape index (κ3) is 4.27. The van der Waals surface area contributed by atoms with Crippen LogP contribution in [0, 0.1) is 0 Å². The summed E-state index contributed by atoms with van der Waals surface area (Å²) in [5.41, 5.74) is -0.242. The number of halogens is 3. The van der Waals surface area contributed by atoms with E-state index in [4.69, 9.17) is 4.74 Å². The highest BCUT2D eigenvalue weighted by Crippen LogP contribution is 2.31. The molecule has 0 radical (unpaired) electrons. The van der Waals surface area contributed by atoms with Crippen LogP contribution in [0.1, 0.15) is 10.6 Å². The van der Waals surface area contributed by atoms with E-state index in [9.17, 15) is 13.2 Å². The average molecular weight is 365 g/mol. The minimum absolute atomic E-state index is 0.0611. The Morgan fingerprint density at radius 2 is 1.88 bits per heavy atom. The van der Waals surface area contributed by atoms with Gasteiger partial charge in [-0.3, -0.25) is 0 Å². The first-order valence-corrected chi connectivity index (χ1v) is 8.20. The molecule has 0 fully saturated rings. The van der Waals surface area contributed by atoms with Gasteiger partial charge in [0.05, 0.1) is 19.3 Å². The van der Waals surface area contributed by atoms with Crippen LogP contribution in [0.3, 0.4) is 0 Å². The molecule has 0 aliphatic heterocycles. The van der Waals surface area contributed by atoms with Gasteiger partial charge in [0.1, 0.15) is 5.75 Å². The molecule has 4 nitrogen and oxygen atoms in total. The molecule has 0 unspecified atom stereocenters. The first kappa shape index (κ1) is 17.2. The monoisotopic (exact) mass is 365 g/mol. The van der Waals surface area contributed by atoms with Crippen LogP contribution in [-0.2, 0) is 12.7 Å². The van der Waals surface area contributed by atoms with Gasteiger partial charge in [0, 0.05) is 10.4 Å². The third-order valence-corrected chi connectivity index (χ3v) is 4.28. The number of hydrogen-bond acceptors (Lipinski definition) is 5. The molecule has 0 spiro atoms. The predicted octanol–water partition coefficient (Wildman–Crippen LogP) is 4.84. The molecule has 0 atom stereocenters. The van der Waals surface area contributed by atoms with E-state index < -0.39 is 11.9 Å². The number of nitrogens with one attached hydrogen (secondary N) is 1. The van der Waals surface area contributed by atoms with Gasteiger partial charge in [-0.25, -0.2) is 9.97 Å². The highest BCUT2D eigenvalue weighted by atomic mass is 32.1. The van der Waals surface area contributed by atoms with Crippen LogP contribution in [0.15, 0.2) is 47.8 Å². The highest BCUT2D eigenvalue weighted by molar-refractivity contribution is 7.09. The van der Waals surface area contributed by atoms with Crippen molar-refractivity contribution in [2.75, 3.05) is 12.4 Å². The van der Waals surface area contributed by atoms with E-state index in [0.717, 1.165) is 10.9 Å². The third-order valence-electron chi connectivity index (χ3n) is 3.40. The summed E-state index contributed by atoms with van der Waals surface area (Å²) in [6, 6.07) is 11.4. The lowest BCUT2D eigenvalue weighted by Crippen LogP contribution is -2.12. The maximum absolute atomic E-state index is 13.2. The smallest absolute Gasteiger partial charge is 0.433 e. The molecule has 25 heavy (non-hydrogen) atoms. The molecule has 2 aromatic heterocycles. The molecule has 0 amide bonds. The second-order valence-corrected chi connectivity index (χ2v) is 6.15. The van der Waals surface area contributed by atoms with Crippen molar-refractivity contribution >= 4 is 17.3 Å². The summed E-state index contributed by atoms with van der Waals surface area (Å²) < 4.78 is 44.5. The molecular formula is C17H14F3N3OS. The molecule has 0 aliphatic rings. The highest BCUT2D eigenvalue weighted by Gasteiger charge is 2.33. The van der Waals surface area contributed by atoms with Gasteiger partial charge in [-0.1, -0.05) is 6.07 Å². The van der Waals surface area contributed by atoms with Crippen molar-refractivity contribution in [2.45, 2.75) is 12.7 Å². The van der Waals surface area contributed by atoms with E-state index >= 15 is 0 Å². The van der Waals surface area contributed by atoms with Gasteiger partial charge in [-0.15, -0.1) is 11.3 Å². The fourth-order valence-electron chi connectivity index (χ4n) is 2.16. The lowest BCUT2D eigenvalue weighted by atomic mass is 10.1. The lowest BCUT2D eigenvalue weighted by molar-refractivity contribution is -0.141. The fourth-order valence-corrected chi connectivity index (χ4v) is 2.81. The standard InChI is InChI=1S/C17H14F3N3OS/c1-24-12-6-4-11(5-7-12)14-9-15(17(18,19)20)23-16(22-14)21-10-13-3-2-8-25-13/h2-9H,10H2,1H3,(H,21,22,23). The molecule has 3 aromatic rings. The van der Waals surface area contributed by atoms with Gasteiger partial charge in [0.2, 0.25) is 5.95 Å². The molecule has 1 N–H and O–H groups in total. The van der Waals surface area contributed by atoms with E-state index in [2.05, 4.69) is 15.3 Å². The Labute approximate surface area is 146 Å². The number of hydrogen-bond donors (Lipinski definition) is 1. The van der Waals surface area contributed by atoms with Crippen molar-refractivity contribution in [1.29, 1.82) is 0 Å². The number of methoxy groups -OCH3 is 1. The fraction of sp³-hybridized carbons (Fsp3) is 0.176. The van der Waals surface area contributed by atoms with E-state index in [1.807, 2.05) is 17.5 Å². The van der Waals surface area contributed by atoms with Crippen molar-refractivity contribution in [3.8, 4) is 17.0 Å². The van der Waals surface area contributed by atoms with Gasteiger partial charge in [0.15, 0.2) is 5.69 Å². The van der Waals surface area contributed by atoms with Crippen LogP contribution >= 0.6 is 11.3 Å². The molecule has 1 aromatic carbocycles. The number of rotatable bonds is 5. The second kappa shape index (κ2) is 7.10. The van der Waals surface area contributed by atoms with Crippen molar-refractivity contribution < 1.29 is 17.9 Å². The van der Waals surface area contributed by atoms with Crippen LogP contribution in [0.4, 0.5) is 19.1 Å². The summed E-state index contributed by atoms with van der Waals surface area (Å²) in [7, 11) is 1.52. The number of aromatic nitrogens is 2. The molecule has 8 heteroatoms. The van der Waals surface area contributed by atoms with E-state index in [1.165, 1.54) is 18.4 Å². The van der Waals surface area contributed by atoms with Crippen LogP contribution in [-0.4, -0.2) is 17.1 Å². The molecule has 2 heterocycles. The summed E-state index contributed by atoms with van der Waals surface area (Å²) in [6.45, 7) is 0.362. The molecular weight excluding hydrogens is 351 g/mol. The summed E-state index contributed by atoms with van der Waals surface area (Å²) in [6.07, 6.45) is -4.55. The van der Waals surface area contributed by atoms with Crippen molar-refractivity contribution in [1.82, 2.24) is 9.97 Å². The summed E-state index contributed by atoms with van der Waals surface area (Å²) >= 11 is 1.50. The van der Waals surface area contributed by atoms with Crippen molar-refractivity contribution in [3.05, 3.63) is 58.4 Å². The van der Waals surface area contributed by atoms with Gasteiger partial charge in [-0.2, -0.15) is 13.2 Å². The van der Waals surface area contributed by atoms with Gasteiger partial charge >= 0.3 is 6.18 Å².